The maximum absolute atomic E-state index is 11.7. The van der Waals surface area contributed by atoms with Gasteiger partial charge in [0.15, 0.2) is 5.60 Å². The van der Waals surface area contributed by atoms with Gasteiger partial charge in [0.05, 0.1) is 32.7 Å². The third-order valence-corrected chi connectivity index (χ3v) is 3.27. The number of aliphatic hydroxyl groups excluding tert-OH is 2. The summed E-state index contributed by atoms with van der Waals surface area (Å²) in [5.41, 5.74) is -0.551. The molecule has 1 aromatic carbocycles. The lowest BCUT2D eigenvalue weighted by atomic mass is 10.0. The van der Waals surface area contributed by atoms with E-state index >= 15 is 0 Å². The number of carbonyl (C=O) groups is 2. The zero-order chi connectivity index (χ0) is 17.3. The second-order valence-electron chi connectivity index (χ2n) is 5.36. The van der Waals surface area contributed by atoms with E-state index in [4.69, 9.17) is 19.7 Å². The zero-order valence-electron chi connectivity index (χ0n) is 13.0. The van der Waals surface area contributed by atoms with Gasteiger partial charge < -0.3 is 24.8 Å². The van der Waals surface area contributed by atoms with E-state index < -0.39 is 30.3 Å². The molecule has 128 valence electrons. The van der Waals surface area contributed by atoms with Crippen molar-refractivity contribution in [2.75, 3.05) is 13.2 Å². The molecule has 3 N–H and O–H groups in total. The topological polar surface area (TPSA) is 113 Å². The minimum absolute atomic E-state index is 0.136. The van der Waals surface area contributed by atoms with E-state index in [-0.39, 0.29) is 26.1 Å². The first-order valence-electron chi connectivity index (χ1n) is 7.21. The fraction of sp³-hybridized carbons (Fsp3) is 0.500. The first-order valence-corrected chi connectivity index (χ1v) is 7.21. The van der Waals surface area contributed by atoms with Crippen LogP contribution in [-0.2, 0) is 25.7 Å². The van der Waals surface area contributed by atoms with E-state index in [1.165, 1.54) is 6.92 Å². The number of aliphatic hydroxyl groups is 2. The van der Waals surface area contributed by atoms with Crippen LogP contribution < -0.4 is 0 Å². The fourth-order valence-electron chi connectivity index (χ4n) is 1.85. The average molecular weight is 326 g/mol. The van der Waals surface area contributed by atoms with Crippen LogP contribution >= 0.6 is 0 Å². The van der Waals surface area contributed by atoms with Gasteiger partial charge in [-0.15, -0.1) is 0 Å². The molecular weight excluding hydrogens is 304 g/mol. The molecule has 0 spiro atoms. The lowest BCUT2D eigenvalue weighted by Crippen LogP contribution is -2.49. The Labute approximate surface area is 134 Å². The van der Waals surface area contributed by atoms with Gasteiger partial charge in [-0.05, 0) is 12.5 Å². The summed E-state index contributed by atoms with van der Waals surface area (Å²) in [6, 6.07) is 9.30. The summed E-state index contributed by atoms with van der Waals surface area (Å²) in [5, 5.41) is 27.6. The van der Waals surface area contributed by atoms with Crippen LogP contribution in [0.15, 0.2) is 30.3 Å². The Kier molecular flexibility index (Phi) is 7.67. The van der Waals surface area contributed by atoms with Gasteiger partial charge in [0.25, 0.3) is 0 Å². The highest BCUT2D eigenvalue weighted by Crippen LogP contribution is 2.19. The molecular formula is C16H22O7. The molecule has 23 heavy (non-hydrogen) atoms. The first-order chi connectivity index (χ1) is 10.9. The van der Waals surface area contributed by atoms with Crippen molar-refractivity contribution in [1.82, 2.24) is 0 Å². The molecule has 0 aliphatic heterocycles. The van der Waals surface area contributed by atoms with Gasteiger partial charge >= 0.3 is 11.9 Å². The lowest BCUT2D eigenvalue weighted by molar-refractivity contribution is -0.186. The molecule has 0 radical (unpaired) electrons. The fourth-order valence-corrected chi connectivity index (χ4v) is 1.85. The molecule has 0 saturated carbocycles. The van der Waals surface area contributed by atoms with Crippen LogP contribution in [-0.4, -0.2) is 52.2 Å². The van der Waals surface area contributed by atoms with E-state index in [1.54, 1.807) is 0 Å². The molecule has 0 bridgehead atoms. The van der Waals surface area contributed by atoms with Crippen molar-refractivity contribution in [3.05, 3.63) is 35.9 Å². The summed E-state index contributed by atoms with van der Waals surface area (Å²) in [7, 11) is 0. The molecule has 0 saturated heterocycles. The Morgan fingerprint density at radius 3 is 2.43 bits per heavy atom. The minimum Gasteiger partial charge on any atom is -0.481 e. The first kappa shape index (κ1) is 19.1. The number of hydrogen-bond acceptors (Lipinski definition) is 6. The predicted octanol–water partition coefficient (Wildman–Crippen LogP) is 0.723. The number of ether oxygens (including phenoxy) is 2. The lowest BCUT2D eigenvalue weighted by Gasteiger charge is -2.33. The second-order valence-corrected chi connectivity index (χ2v) is 5.36. The average Bonchev–Trinajstić information content (AvgIpc) is 2.53. The highest BCUT2D eigenvalue weighted by Gasteiger charge is 2.37. The number of esters is 1. The number of carboxylic acids is 1. The summed E-state index contributed by atoms with van der Waals surface area (Å²) in [6.45, 7) is 0.929. The normalized spacial score (nSPS) is 14.7. The Bertz CT molecular complexity index is 502. The quantitative estimate of drug-likeness (QED) is 0.543. The molecule has 0 amide bonds. The van der Waals surface area contributed by atoms with Gasteiger partial charge in [0.2, 0.25) is 0 Å². The van der Waals surface area contributed by atoms with Crippen LogP contribution in [0.3, 0.4) is 0 Å². The summed E-state index contributed by atoms with van der Waals surface area (Å²) in [4.78, 5) is 22.1. The van der Waals surface area contributed by atoms with E-state index in [0.717, 1.165) is 5.56 Å². The summed E-state index contributed by atoms with van der Waals surface area (Å²) < 4.78 is 10.6. The standard InChI is InChI=1S/C16H22O7/c1-16(13(18)9-17,23-15(21)8-7-14(19)20)11-22-10-12-5-3-2-4-6-12/h2-6,13,17-18H,7-11H2,1H3,(H,19,20)/t13-,16+/m0/s1. The molecule has 0 aromatic heterocycles. The van der Waals surface area contributed by atoms with Crippen molar-refractivity contribution in [2.24, 2.45) is 0 Å². The largest absolute Gasteiger partial charge is 0.481 e. The Hall–Kier alpha value is -1.96. The van der Waals surface area contributed by atoms with Crippen molar-refractivity contribution >= 4 is 11.9 Å². The molecule has 0 aliphatic carbocycles. The van der Waals surface area contributed by atoms with Gasteiger partial charge in [-0.25, -0.2) is 0 Å². The molecule has 1 aromatic rings. The van der Waals surface area contributed by atoms with Gasteiger partial charge in [-0.1, -0.05) is 30.3 Å². The summed E-state index contributed by atoms with van der Waals surface area (Å²) in [5.74, 6) is -1.89. The van der Waals surface area contributed by atoms with E-state index in [0.29, 0.717) is 0 Å². The van der Waals surface area contributed by atoms with E-state index in [2.05, 4.69) is 0 Å². The maximum Gasteiger partial charge on any atom is 0.307 e. The number of aliphatic carboxylic acids is 1. The highest BCUT2D eigenvalue weighted by molar-refractivity contribution is 5.76. The third kappa shape index (κ3) is 6.77. The van der Waals surface area contributed by atoms with Gasteiger partial charge in [0, 0.05) is 0 Å². The van der Waals surface area contributed by atoms with Crippen LogP contribution in [0.2, 0.25) is 0 Å². The van der Waals surface area contributed by atoms with Crippen molar-refractivity contribution in [1.29, 1.82) is 0 Å². The predicted molar refractivity (Wildman–Crippen MR) is 80.6 cm³/mol. The van der Waals surface area contributed by atoms with Gasteiger partial charge in [0.1, 0.15) is 6.10 Å². The van der Waals surface area contributed by atoms with Gasteiger partial charge in [-0.2, -0.15) is 0 Å². The SMILES string of the molecule is C[C@](COCc1ccccc1)(OC(=O)CCC(=O)O)[C@@H](O)CO. The molecule has 0 aliphatic rings. The van der Waals surface area contributed by atoms with Crippen LogP contribution in [0.5, 0.6) is 0 Å². The molecule has 1 rings (SSSR count). The Morgan fingerprint density at radius 2 is 1.87 bits per heavy atom. The maximum atomic E-state index is 11.7. The molecule has 7 nitrogen and oxygen atoms in total. The number of carboxylic acid groups (broad SMARTS) is 1. The molecule has 0 fully saturated rings. The highest BCUT2D eigenvalue weighted by atomic mass is 16.6. The van der Waals surface area contributed by atoms with Crippen LogP contribution in [0.4, 0.5) is 0 Å². The molecule has 7 heteroatoms. The summed E-state index contributed by atoms with van der Waals surface area (Å²) in [6.07, 6.45) is -2.02. The molecule has 0 heterocycles. The second kappa shape index (κ2) is 9.24. The van der Waals surface area contributed by atoms with Gasteiger partial charge in [-0.3, -0.25) is 9.59 Å². The molecule has 2 atom stereocenters. The van der Waals surface area contributed by atoms with Crippen molar-refractivity contribution in [2.45, 2.75) is 38.1 Å². The molecule has 0 unspecified atom stereocenters. The summed E-state index contributed by atoms with van der Waals surface area (Å²) >= 11 is 0. The Balaban J connectivity index is 2.59. The number of rotatable bonds is 10. The van der Waals surface area contributed by atoms with E-state index in [9.17, 15) is 14.7 Å². The van der Waals surface area contributed by atoms with Crippen molar-refractivity contribution < 1.29 is 34.4 Å². The van der Waals surface area contributed by atoms with Crippen molar-refractivity contribution in [3.8, 4) is 0 Å². The third-order valence-electron chi connectivity index (χ3n) is 3.27. The number of carbonyl (C=O) groups excluding carboxylic acids is 1. The number of benzene rings is 1. The monoisotopic (exact) mass is 326 g/mol. The Morgan fingerprint density at radius 1 is 1.22 bits per heavy atom. The van der Waals surface area contributed by atoms with E-state index in [1.807, 2.05) is 30.3 Å². The van der Waals surface area contributed by atoms with Crippen LogP contribution in [0.1, 0.15) is 25.3 Å². The minimum atomic E-state index is -1.46. The smallest absolute Gasteiger partial charge is 0.307 e. The zero-order valence-corrected chi connectivity index (χ0v) is 13.0. The van der Waals surface area contributed by atoms with Crippen LogP contribution in [0.25, 0.3) is 0 Å². The number of hydrogen-bond donors (Lipinski definition) is 3. The van der Waals surface area contributed by atoms with Crippen molar-refractivity contribution in [3.63, 3.8) is 0 Å². The van der Waals surface area contributed by atoms with Crippen LogP contribution in [0, 0.1) is 0 Å².